The lowest BCUT2D eigenvalue weighted by atomic mass is 10.1. The quantitative estimate of drug-likeness (QED) is 0.676. The van der Waals surface area contributed by atoms with Gasteiger partial charge in [0.25, 0.3) is 5.78 Å². The molecule has 1 aliphatic heterocycles. The number of rotatable bonds is 4. The molecular formula is C14H14ClNO4. The van der Waals surface area contributed by atoms with Gasteiger partial charge in [0.05, 0.1) is 13.2 Å². The maximum atomic E-state index is 11.5. The molecule has 5 nitrogen and oxygen atoms in total. The number of nitrogens with zero attached hydrogens (tertiary/aromatic N) is 1. The minimum atomic E-state index is -1.47. The van der Waals surface area contributed by atoms with E-state index in [0.717, 1.165) is 11.6 Å². The van der Waals surface area contributed by atoms with E-state index in [2.05, 4.69) is 0 Å². The Bertz CT molecular complexity index is 533. The number of carboxylic acid groups (broad SMARTS) is 1. The van der Waals surface area contributed by atoms with Crippen LogP contribution in [-0.2, 0) is 14.3 Å². The van der Waals surface area contributed by atoms with E-state index in [4.69, 9.17) is 21.4 Å². The number of ether oxygens (including phenoxy) is 1. The van der Waals surface area contributed by atoms with Gasteiger partial charge in [0.1, 0.15) is 0 Å². The molecule has 1 heterocycles. The van der Waals surface area contributed by atoms with Gasteiger partial charge in [0.2, 0.25) is 0 Å². The normalized spacial score (nSPS) is 16.1. The molecule has 0 bridgehead atoms. The largest absolute Gasteiger partial charge is 0.475 e. The van der Waals surface area contributed by atoms with Crippen molar-refractivity contribution in [1.29, 1.82) is 0 Å². The zero-order valence-corrected chi connectivity index (χ0v) is 11.5. The van der Waals surface area contributed by atoms with Gasteiger partial charge in [0, 0.05) is 29.9 Å². The molecule has 0 amide bonds. The Balaban J connectivity index is 2.34. The Labute approximate surface area is 121 Å². The van der Waals surface area contributed by atoms with Crippen LogP contribution in [0.3, 0.4) is 0 Å². The van der Waals surface area contributed by atoms with Crippen LogP contribution in [0.25, 0.3) is 5.70 Å². The Kier molecular flexibility index (Phi) is 4.76. The molecule has 2 rings (SSSR count). The highest BCUT2D eigenvalue weighted by molar-refractivity contribution is 6.38. The summed E-state index contributed by atoms with van der Waals surface area (Å²) in [7, 11) is 0. The predicted molar refractivity (Wildman–Crippen MR) is 74.5 cm³/mol. The van der Waals surface area contributed by atoms with Gasteiger partial charge in [-0.1, -0.05) is 23.7 Å². The van der Waals surface area contributed by atoms with Crippen LogP contribution < -0.4 is 0 Å². The zero-order chi connectivity index (χ0) is 14.5. The van der Waals surface area contributed by atoms with Crippen molar-refractivity contribution in [2.24, 2.45) is 0 Å². The van der Waals surface area contributed by atoms with E-state index in [1.807, 2.05) is 4.90 Å². The van der Waals surface area contributed by atoms with E-state index in [1.165, 1.54) is 0 Å². The van der Waals surface area contributed by atoms with Gasteiger partial charge in [-0.15, -0.1) is 0 Å². The van der Waals surface area contributed by atoms with E-state index in [1.54, 1.807) is 24.3 Å². The third kappa shape index (κ3) is 3.59. The maximum Gasteiger partial charge on any atom is 0.376 e. The number of ketones is 1. The smallest absolute Gasteiger partial charge is 0.376 e. The molecule has 0 unspecified atom stereocenters. The standard InChI is InChI=1S/C14H14ClNO4/c15-11-3-1-10(2-4-11)12(9-13(17)14(18)19)16-5-7-20-8-6-16/h1-4,9H,5-8H2,(H,18,19). The second kappa shape index (κ2) is 6.54. The van der Waals surface area contributed by atoms with E-state index in [0.29, 0.717) is 37.0 Å². The number of benzene rings is 1. The summed E-state index contributed by atoms with van der Waals surface area (Å²) in [5.41, 5.74) is 1.34. The molecule has 0 spiro atoms. The average molecular weight is 296 g/mol. The van der Waals surface area contributed by atoms with Crippen molar-refractivity contribution >= 4 is 29.1 Å². The van der Waals surface area contributed by atoms with Crippen molar-refractivity contribution in [2.75, 3.05) is 26.3 Å². The second-order valence-electron chi connectivity index (χ2n) is 4.31. The summed E-state index contributed by atoms with van der Waals surface area (Å²) in [5, 5.41) is 9.34. The fourth-order valence-corrected chi connectivity index (χ4v) is 2.09. The number of aliphatic carboxylic acids is 1. The highest BCUT2D eigenvalue weighted by Gasteiger charge is 2.18. The second-order valence-corrected chi connectivity index (χ2v) is 4.74. The molecule has 1 aromatic rings. The summed E-state index contributed by atoms with van der Waals surface area (Å²) in [5.74, 6) is -2.41. The molecule has 0 radical (unpaired) electrons. The number of halogens is 1. The Hall–Kier alpha value is -1.85. The van der Waals surface area contributed by atoms with Crippen LogP contribution in [0.4, 0.5) is 0 Å². The molecule has 0 aromatic heterocycles. The molecule has 0 aliphatic carbocycles. The van der Waals surface area contributed by atoms with Crippen LogP contribution in [0.2, 0.25) is 5.02 Å². The van der Waals surface area contributed by atoms with Gasteiger partial charge in [-0.2, -0.15) is 0 Å². The van der Waals surface area contributed by atoms with Crippen molar-refractivity contribution in [3.05, 3.63) is 40.9 Å². The molecule has 0 atom stereocenters. The molecular weight excluding hydrogens is 282 g/mol. The van der Waals surface area contributed by atoms with Crippen LogP contribution in [-0.4, -0.2) is 48.1 Å². The molecule has 1 saturated heterocycles. The van der Waals surface area contributed by atoms with Gasteiger partial charge >= 0.3 is 5.97 Å². The number of carbonyl (C=O) groups is 2. The van der Waals surface area contributed by atoms with Gasteiger partial charge in [-0.05, 0) is 17.7 Å². The predicted octanol–water partition coefficient (Wildman–Crippen LogP) is 1.67. The highest BCUT2D eigenvalue weighted by Crippen LogP contribution is 2.22. The van der Waals surface area contributed by atoms with E-state index in [-0.39, 0.29) is 0 Å². The molecule has 1 aromatic carbocycles. The summed E-state index contributed by atoms with van der Waals surface area (Å²) in [6.07, 6.45) is 1.15. The topological polar surface area (TPSA) is 66.8 Å². The van der Waals surface area contributed by atoms with Gasteiger partial charge in [-0.3, -0.25) is 4.79 Å². The van der Waals surface area contributed by atoms with Crippen LogP contribution in [0.1, 0.15) is 5.56 Å². The van der Waals surface area contributed by atoms with Crippen molar-refractivity contribution in [3.8, 4) is 0 Å². The van der Waals surface area contributed by atoms with Crippen molar-refractivity contribution < 1.29 is 19.4 Å². The van der Waals surface area contributed by atoms with E-state index < -0.39 is 11.8 Å². The highest BCUT2D eigenvalue weighted by atomic mass is 35.5. The average Bonchev–Trinajstić information content (AvgIpc) is 2.46. The molecule has 20 heavy (non-hydrogen) atoms. The van der Waals surface area contributed by atoms with Gasteiger partial charge in [-0.25, -0.2) is 4.79 Å². The number of morpholine rings is 1. The SMILES string of the molecule is O=C(O)C(=O)C=C(c1ccc(Cl)cc1)N1CCOCC1. The van der Waals surface area contributed by atoms with Crippen molar-refractivity contribution in [3.63, 3.8) is 0 Å². The third-order valence-corrected chi connectivity index (χ3v) is 3.22. The first-order chi connectivity index (χ1) is 9.58. The molecule has 6 heteroatoms. The molecule has 106 valence electrons. The number of carboxylic acids is 1. The van der Waals surface area contributed by atoms with Crippen molar-refractivity contribution in [2.45, 2.75) is 0 Å². The molecule has 1 aliphatic rings. The van der Waals surface area contributed by atoms with Crippen molar-refractivity contribution in [1.82, 2.24) is 4.90 Å². The Morgan fingerprint density at radius 2 is 1.80 bits per heavy atom. The van der Waals surface area contributed by atoms with E-state index >= 15 is 0 Å². The summed E-state index contributed by atoms with van der Waals surface area (Å²) >= 11 is 5.84. The zero-order valence-electron chi connectivity index (χ0n) is 10.7. The van der Waals surface area contributed by atoms with Gasteiger partial charge in [0.15, 0.2) is 0 Å². The molecule has 0 saturated carbocycles. The number of hydrogen-bond acceptors (Lipinski definition) is 4. The summed E-state index contributed by atoms with van der Waals surface area (Å²) < 4.78 is 5.27. The molecule has 1 N–H and O–H groups in total. The lowest BCUT2D eigenvalue weighted by Crippen LogP contribution is -2.35. The summed E-state index contributed by atoms with van der Waals surface area (Å²) in [6, 6.07) is 6.93. The number of hydrogen-bond donors (Lipinski definition) is 1. The lowest BCUT2D eigenvalue weighted by Gasteiger charge is -2.31. The molecule has 1 fully saturated rings. The Morgan fingerprint density at radius 1 is 1.20 bits per heavy atom. The third-order valence-electron chi connectivity index (χ3n) is 2.97. The van der Waals surface area contributed by atoms with Gasteiger partial charge < -0.3 is 14.7 Å². The number of carbonyl (C=O) groups excluding carboxylic acids is 1. The first kappa shape index (κ1) is 14.6. The van der Waals surface area contributed by atoms with Crippen LogP contribution in [0.5, 0.6) is 0 Å². The first-order valence-electron chi connectivity index (χ1n) is 6.15. The van der Waals surface area contributed by atoms with Crippen LogP contribution >= 0.6 is 11.6 Å². The summed E-state index contributed by atoms with van der Waals surface area (Å²) in [6.45, 7) is 2.32. The van der Waals surface area contributed by atoms with Crippen LogP contribution in [0, 0.1) is 0 Å². The maximum absolute atomic E-state index is 11.5. The summed E-state index contributed by atoms with van der Waals surface area (Å²) in [4.78, 5) is 24.2. The van der Waals surface area contributed by atoms with Crippen LogP contribution in [0.15, 0.2) is 30.3 Å². The lowest BCUT2D eigenvalue weighted by molar-refractivity contribution is -0.146. The first-order valence-corrected chi connectivity index (χ1v) is 6.53. The minimum absolute atomic E-state index is 0.548. The van der Waals surface area contributed by atoms with E-state index in [9.17, 15) is 9.59 Å². The fourth-order valence-electron chi connectivity index (χ4n) is 1.97. The Morgan fingerprint density at radius 3 is 2.35 bits per heavy atom. The monoisotopic (exact) mass is 295 g/mol. The minimum Gasteiger partial charge on any atom is -0.475 e. The fraction of sp³-hybridized carbons (Fsp3) is 0.286.